The highest BCUT2D eigenvalue weighted by atomic mass is 32.1. The monoisotopic (exact) mass is 260 g/mol. The van der Waals surface area contributed by atoms with E-state index in [4.69, 9.17) is 4.74 Å². The van der Waals surface area contributed by atoms with Crippen LogP contribution in [0, 0.1) is 6.92 Å². The normalized spacial score (nSPS) is 28.5. The zero-order valence-corrected chi connectivity index (χ0v) is 10.1. The molecule has 17 heavy (non-hydrogen) atoms. The Morgan fingerprint density at radius 1 is 1.65 bits per heavy atom. The SMILES string of the molecule is Cc1cn([C@H]2C[C@H](F)[C@@H](CS)O2)c(=O)[nH]c1=O. The summed E-state index contributed by atoms with van der Waals surface area (Å²) in [5.41, 5.74) is -0.637. The lowest BCUT2D eigenvalue weighted by Crippen LogP contribution is -2.33. The summed E-state index contributed by atoms with van der Waals surface area (Å²) < 4.78 is 20.1. The van der Waals surface area contributed by atoms with Crippen LogP contribution in [0.25, 0.3) is 0 Å². The van der Waals surface area contributed by atoms with Gasteiger partial charge in [0.15, 0.2) is 0 Å². The first-order valence-electron chi connectivity index (χ1n) is 5.25. The number of nitrogens with one attached hydrogen (secondary N) is 1. The summed E-state index contributed by atoms with van der Waals surface area (Å²) in [5, 5.41) is 0. The molecule has 1 aliphatic heterocycles. The van der Waals surface area contributed by atoms with E-state index in [0.717, 1.165) is 0 Å². The molecule has 1 saturated heterocycles. The lowest BCUT2D eigenvalue weighted by atomic mass is 10.2. The fourth-order valence-electron chi connectivity index (χ4n) is 1.82. The van der Waals surface area contributed by atoms with E-state index in [2.05, 4.69) is 17.6 Å². The van der Waals surface area contributed by atoms with Gasteiger partial charge in [-0.1, -0.05) is 0 Å². The van der Waals surface area contributed by atoms with E-state index in [-0.39, 0.29) is 12.2 Å². The Balaban J connectivity index is 2.34. The van der Waals surface area contributed by atoms with E-state index in [9.17, 15) is 14.0 Å². The number of hydrogen-bond acceptors (Lipinski definition) is 4. The van der Waals surface area contributed by atoms with Gasteiger partial charge in [-0.05, 0) is 6.92 Å². The number of alkyl halides is 1. The van der Waals surface area contributed by atoms with Crippen LogP contribution in [-0.4, -0.2) is 27.6 Å². The predicted octanol–water partition coefficient (Wildman–Crippen LogP) is 0.400. The molecule has 0 unspecified atom stereocenters. The number of aryl methyl sites for hydroxylation is 1. The third kappa shape index (κ3) is 2.30. The molecule has 0 spiro atoms. The molecule has 7 heteroatoms. The van der Waals surface area contributed by atoms with Crippen molar-refractivity contribution in [3.63, 3.8) is 0 Å². The van der Waals surface area contributed by atoms with Crippen LogP contribution in [0.2, 0.25) is 0 Å². The van der Waals surface area contributed by atoms with Crippen LogP contribution in [0.5, 0.6) is 0 Å². The largest absolute Gasteiger partial charge is 0.351 e. The Kier molecular flexibility index (Phi) is 3.39. The molecule has 1 fully saturated rings. The Bertz CT molecular complexity index is 527. The van der Waals surface area contributed by atoms with E-state index >= 15 is 0 Å². The summed E-state index contributed by atoms with van der Waals surface area (Å²) in [4.78, 5) is 24.9. The Labute approximate surface area is 102 Å². The van der Waals surface area contributed by atoms with Gasteiger partial charge in [0.2, 0.25) is 0 Å². The summed E-state index contributed by atoms with van der Waals surface area (Å²) in [5.74, 6) is 0.259. The summed E-state index contributed by atoms with van der Waals surface area (Å²) >= 11 is 3.98. The first-order chi connectivity index (χ1) is 8.02. The lowest BCUT2D eigenvalue weighted by molar-refractivity contribution is 0.00180. The maximum absolute atomic E-state index is 13.5. The molecule has 1 N–H and O–H groups in total. The molecule has 0 aromatic carbocycles. The van der Waals surface area contributed by atoms with Gasteiger partial charge in [0, 0.05) is 23.9 Å². The van der Waals surface area contributed by atoms with Crippen molar-refractivity contribution < 1.29 is 9.13 Å². The second kappa shape index (κ2) is 4.66. The molecule has 5 nitrogen and oxygen atoms in total. The van der Waals surface area contributed by atoms with Gasteiger partial charge >= 0.3 is 5.69 Å². The average molecular weight is 260 g/mol. The van der Waals surface area contributed by atoms with Crippen molar-refractivity contribution in [2.45, 2.75) is 31.8 Å². The number of H-pyrrole nitrogens is 1. The van der Waals surface area contributed by atoms with Crippen molar-refractivity contribution in [2.75, 3.05) is 5.75 Å². The van der Waals surface area contributed by atoms with Crippen molar-refractivity contribution in [1.82, 2.24) is 9.55 Å². The van der Waals surface area contributed by atoms with Crippen molar-refractivity contribution in [1.29, 1.82) is 0 Å². The summed E-state index contributed by atoms with van der Waals surface area (Å²) in [6.07, 6.45) is -0.944. The fraction of sp³-hybridized carbons (Fsp3) is 0.600. The molecule has 1 aliphatic rings. The molecular weight excluding hydrogens is 247 g/mol. The van der Waals surface area contributed by atoms with Crippen LogP contribution in [0.4, 0.5) is 4.39 Å². The maximum Gasteiger partial charge on any atom is 0.330 e. The number of thiol groups is 1. The quantitative estimate of drug-likeness (QED) is 0.757. The molecular formula is C10H13FN2O3S. The topological polar surface area (TPSA) is 64.1 Å². The molecule has 1 aromatic rings. The van der Waals surface area contributed by atoms with Crippen LogP contribution in [-0.2, 0) is 4.74 Å². The average Bonchev–Trinajstić information content (AvgIpc) is 2.65. The number of aromatic nitrogens is 2. The zero-order chi connectivity index (χ0) is 12.6. The minimum absolute atomic E-state index is 0.0939. The van der Waals surface area contributed by atoms with E-state index in [0.29, 0.717) is 5.56 Å². The molecule has 0 radical (unpaired) electrons. The van der Waals surface area contributed by atoms with E-state index in [1.54, 1.807) is 6.92 Å². The minimum Gasteiger partial charge on any atom is -0.351 e. The van der Waals surface area contributed by atoms with Gasteiger partial charge in [0.05, 0.1) is 0 Å². The van der Waals surface area contributed by atoms with Gasteiger partial charge in [0.25, 0.3) is 5.56 Å². The van der Waals surface area contributed by atoms with Gasteiger partial charge in [-0.2, -0.15) is 12.6 Å². The van der Waals surface area contributed by atoms with Crippen LogP contribution in [0.15, 0.2) is 15.8 Å². The fourth-order valence-corrected chi connectivity index (χ4v) is 2.14. The zero-order valence-electron chi connectivity index (χ0n) is 9.22. The molecule has 2 heterocycles. The first kappa shape index (κ1) is 12.4. The lowest BCUT2D eigenvalue weighted by Gasteiger charge is -2.14. The van der Waals surface area contributed by atoms with Crippen LogP contribution in [0.3, 0.4) is 0 Å². The summed E-state index contributed by atoms with van der Waals surface area (Å²) in [7, 11) is 0. The Morgan fingerprint density at radius 3 is 2.94 bits per heavy atom. The number of halogens is 1. The van der Waals surface area contributed by atoms with Crippen molar-refractivity contribution in [3.8, 4) is 0 Å². The molecule has 0 aliphatic carbocycles. The first-order valence-corrected chi connectivity index (χ1v) is 5.88. The van der Waals surface area contributed by atoms with Gasteiger partial charge in [0.1, 0.15) is 18.5 Å². The smallest absolute Gasteiger partial charge is 0.330 e. The predicted molar refractivity (Wildman–Crippen MR) is 63.3 cm³/mol. The maximum atomic E-state index is 13.5. The number of nitrogens with zero attached hydrogens (tertiary/aromatic N) is 1. The van der Waals surface area contributed by atoms with Gasteiger partial charge in [-0.15, -0.1) is 0 Å². The second-order valence-electron chi connectivity index (χ2n) is 4.04. The standard InChI is InChI=1S/C10H13FN2O3S/c1-5-3-13(10(15)12-9(5)14)8-2-6(11)7(4-17)16-8/h3,6-8,17H,2,4H2,1H3,(H,12,14,15)/t6-,7+,8+/m0/s1. The van der Waals surface area contributed by atoms with E-state index < -0.39 is 29.8 Å². The highest BCUT2D eigenvalue weighted by Crippen LogP contribution is 2.30. The van der Waals surface area contributed by atoms with E-state index in [1.807, 2.05) is 0 Å². The molecule has 0 amide bonds. The molecule has 94 valence electrons. The van der Waals surface area contributed by atoms with Crippen molar-refractivity contribution >= 4 is 12.6 Å². The van der Waals surface area contributed by atoms with E-state index in [1.165, 1.54) is 10.8 Å². The van der Waals surface area contributed by atoms with Crippen molar-refractivity contribution in [2.24, 2.45) is 0 Å². The molecule has 0 saturated carbocycles. The highest BCUT2D eigenvalue weighted by Gasteiger charge is 2.35. The van der Waals surface area contributed by atoms with Crippen LogP contribution < -0.4 is 11.2 Å². The number of hydrogen-bond donors (Lipinski definition) is 2. The van der Waals surface area contributed by atoms with Gasteiger partial charge in [-0.25, -0.2) is 9.18 Å². The second-order valence-corrected chi connectivity index (χ2v) is 4.41. The molecule has 3 atom stereocenters. The molecule has 1 aromatic heterocycles. The summed E-state index contributed by atoms with van der Waals surface area (Å²) in [6.45, 7) is 1.58. The van der Waals surface area contributed by atoms with Crippen LogP contribution >= 0.6 is 12.6 Å². The number of aromatic amines is 1. The molecule has 0 bridgehead atoms. The number of ether oxygens (including phenoxy) is 1. The van der Waals surface area contributed by atoms with Crippen LogP contribution in [0.1, 0.15) is 18.2 Å². The van der Waals surface area contributed by atoms with Crippen molar-refractivity contribution in [3.05, 3.63) is 32.6 Å². The Morgan fingerprint density at radius 2 is 2.35 bits per heavy atom. The van der Waals surface area contributed by atoms with Gasteiger partial charge in [-0.3, -0.25) is 14.3 Å². The Hall–Kier alpha value is -1.08. The third-order valence-corrected chi connectivity index (χ3v) is 3.16. The highest BCUT2D eigenvalue weighted by molar-refractivity contribution is 7.80. The molecule has 2 rings (SSSR count). The summed E-state index contributed by atoms with van der Waals surface area (Å²) in [6, 6.07) is 0. The minimum atomic E-state index is -1.14. The third-order valence-electron chi connectivity index (χ3n) is 2.80. The number of rotatable bonds is 2. The van der Waals surface area contributed by atoms with Gasteiger partial charge < -0.3 is 4.74 Å².